The maximum absolute atomic E-state index is 13.5. The van der Waals surface area contributed by atoms with Gasteiger partial charge in [-0.3, -0.25) is 9.69 Å². The monoisotopic (exact) mass is 512 g/mol. The lowest BCUT2D eigenvalue weighted by molar-refractivity contribution is -0.255. The van der Waals surface area contributed by atoms with E-state index in [9.17, 15) is 37.9 Å². The zero-order valence-electron chi connectivity index (χ0n) is 20.2. The van der Waals surface area contributed by atoms with Crippen LogP contribution >= 0.6 is 0 Å². The molecule has 0 bridgehead atoms. The van der Waals surface area contributed by atoms with Crippen LogP contribution in [0.4, 0.5) is 29.3 Å². The molecule has 2 aromatic rings. The maximum Gasteiger partial charge on any atom is 0.416 e. The van der Waals surface area contributed by atoms with E-state index in [0.717, 1.165) is 34.1 Å². The number of carboxylic acid groups (broad SMARTS) is 1. The number of alkyl halides is 3. The maximum atomic E-state index is 13.5. The molecule has 0 aliphatic carbocycles. The van der Waals surface area contributed by atoms with Crippen molar-refractivity contribution in [3.05, 3.63) is 69.9 Å². The Bertz CT molecular complexity index is 1420. The molecule has 1 aliphatic rings. The second kappa shape index (κ2) is 9.77. The number of carbonyl (C=O) groups is 3. The molecule has 2 N–H and O–H groups in total. The van der Waals surface area contributed by atoms with Crippen LogP contribution in [0.1, 0.15) is 53.9 Å². The number of carbonyl (C=O) groups excluding carboxylic acids is 3. The van der Waals surface area contributed by atoms with Crippen molar-refractivity contribution in [2.24, 2.45) is 10.7 Å². The van der Waals surface area contributed by atoms with E-state index in [-0.39, 0.29) is 39.6 Å². The van der Waals surface area contributed by atoms with E-state index in [1.165, 1.54) is 40.0 Å². The second-order valence-corrected chi connectivity index (χ2v) is 8.34. The van der Waals surface area contributed by atoms with Gasteiger partial charge in [-0.2, -0.15) is 18.4 Å². The fraction of sp³-hybridized carbons (Fsp3) is 0.240. The first-order valence-corrected chi connectivity index (χ1v) is 10.7. The zero-order chi connectivity index (χ0) is 27.8. The highest BCUT2D eigenvalue weighted by molar-refractivity contribution is 6.06. The third-order valence-corrected chi connectivity index (χ3v) is 5.77. The molecule has 0 saturated carbocycles. The van der Waals surface area contributed by atoms with Gasteiger partial charge in [0.25, 0.3) is 0 Å². The van der Waals surface area contributed by atoms with Crippen LogP contribution in [0.25, 0.3) is 0 Å². The Morgan fingerprint density at radius 3 is 2.35 bits per heavy atom. The summed E-state index contributed by atoms with van der Waals surface area (Å²) in [5, 5.41) is 21.5. The number of aromatic carboxylic acids is 1. The van der Waals surface area contributed by atoms with Crippen LogP contribution in [0.15, 0.2) is 52.7 Å². The van der Waals surface area contributed by atoms with E-state index in [0.29, 0.717) is 0 Å². The van der Waals surface area contributed by atoms with Crippen LogP contribution in [0.3, 0.4) is 0 Å². The van der Waals surface area contributed by atoms with Gasteiger partial charge in [-0.1, -0.05) is 6.07 Å². The van der Waals surface area contributed by atoms with Crippen molar-refractivity contribution in [1.29, 1.82) is 5.26 Å². The van der Waals surface area contributed by atoms with Crippen molar-refractivity contribution in [3.63, 3.8) is 0 Å². The quantitative estimate of drug-likeness (QED) is 0.480. The van der Waals surface area contributed by atoms with Crippen molar-refractivity contribution in [3.8, 4) is 6.07 Å². The van der Waals surface area contributed by atoms with Gasteiger partial charge in [-0.15, -0.1) is 0 Å². The number of Topliss-reactive ketones (excluding diaryl/α,β-unsaturated/α-hetero) is 1. The van der Waals surface area contributed by atoms with Crippen molar-refractivity contribution in [2.75, 3.05) is 11.9 Å². The van der Waals surface area contributed by atoms with Crippen LogP contribution in [-0.4, -0.2) is 35.6 Å². The molecular weight excluding hydrogens is 491 g/mol. The lowest BCUT2D eigenvalue weighted by Gasteiger charge is -2.42. The smallest absolute Gasteiger partial charge is 0.416 e. The Morgan fingerprint density at radius 2 is 1.84 bits per heavy atom. The Kier molecular flexibility index (Phi) is 7.11. The number of halogens is 3. The minimum absolute atomic E-state index is 0.00101. The highest BCUT2D eigenvalue weighted by Crippen LogP contribution is 2.44. The van der Waals surface area contributed by atoms with Gasteiger partial charge in [0.1, 0.15) is 0 Å². The highest BCUT2D eigenvalue weighted by Gasteiger charge is 2.42. The number of urea groups is 1. The first kappa shape index (κ1) is 26.9. The van der Waals surface area contributed by atoms with Gasteiger partial charge in [-0.05, 0) is 51.1 Å². The summed E-state index contributed by atoms with van der Waals surface area (Å²) in [4.78, 5) is 44.6. The Balaban J connectivity index is 2.39. The van der Waals surface area contributed by atoms with Crippen LogP contribution in [0, 0.1) is 11.3 Å². The lowest BCUT2D eigenvalue weighted by Crippen LogP contribution is -2.49. The molecule has 192 valence electrons. The molecular formula is C25H21F3N5O4-. The average molecular weight is 512 g/mol. The number of anilines is 1. The van der Waals surface area contributed by atoms with Gasteiger partial charge in [-0.25, -0.2) is 9.79 Å². The molecule has 0 aromatic heterocycles. The van der Waals surface area contributed by atoms with Crippen LogP contribution in [0.2, 0.25) is 0 Å². The van der Waals surface area contributed by atoms with Gasteiger partial charge in [0, 0.05) is 29.4 Å². The fourth-order valence-electron chi connectivity index (χ4n) is 4.28. The predicted molar refractivity (Wildman–Crippen MR) is 126 cm³/mol. The molecule has 3 rings (SSSR count). The molecule has 2 amide bonds. The van der Waals surface area contributed by atoms with Crippen molar-refractivity contribution in [1.82, 2.24) is 4.90 Å². The summed E-state index contributed by atoms with van der Waals surface area (Å²) in [5.74, 6) is -2.27. The molecule has 0 saturated heterocycles. The molecule has 1 aliphatic heterocycles. The number of nitriles is 1. The van der Waals surface area contributed by atoms with Crippen LogP contribution in [-0.2, 0) is 11.0 Å². The largest absolute Gasteiger partial charge is 0.545 e. The predicted octanol–water partition coefficient (Wildman–Crippen LogP) is 3.43. The number of amides is 2. The molecule has 9 nitrogen and oxygen atoms in total. The molecule has 1 unspecified atom stereocenters. The molecule has 0 radical (unpaired) electrons. The Hall–Kier alpha value is -4.66. The summed E-state index contributed by atoms with van der Waals surface area (Å²) < 4.78 is 40.0. The normalized spacial score (nSPS) is 16.6. The van der Waals surface area contributed by atoms with E-state index < -0.39 is 41.1 Å². The summed E-state index contributed by atoms with van der Waals surface area (Å²) in [7, 11) is 1.27. The Labute approximate surface area is 209 Å². The standard InChI is InChI=1S/C25H22F3N5O4/c1-12-20(13(2)34)22(21-18(23(35)36)8-15(11-29)9-19(21)31-14(3)30)32(4)24(37)33(12)17-7-5-6-16(10-17)25(26,27)28/h5-10,22H,1-4H3,(H2,30,31)(H,35,36)/p-1. The average Bonchev–Trinajstić information content (AvgIpc) is 2.80. The van der Waals surface area contributed by atoms with Gasteiger partial charge in [0.05, 0.1) is 46.4 Å². The van der Waals surface area contributed by atoms with Gasteiger partial charge < -0.3 is 20.5 Å². The van der Waals surface area contributed by atoms with E-state index in [4.69, 9.17) is 5.73 Å². The molecule has 1 heterocycles. The number of rotatable bonds is 5. The molecule has 1 atom stereocenters. The number of hydrogen-bond acceptors (Lipinski definition) is 6. The molecule has 12 heteroatoms. The Morgan fingerprint density at radius 1 is 1.19 bits per heavy atom. The van der Waals surface area contributed by atoms with Crippen LogP contribution in [0.5, 0.6) is 0 Å². The van der Waals surface area contributed by atoms with E-state index in [2.05, 4.69) is 4.99 Å². The third kappa shape index (κ3) is 5.02. The zero-order valence-corrected chi connectivity index (χ0v) is 20.2. The summed E-state index contributed by atoms with van der Waals surface area (Å²) in [6, 6.07) is 5.96. The molecule has 2 aromatic carbocycles. The number of nitrogens with zero attached hydrogens (tertiary/aromatic N) is 4. The van der Waals surface area contributed by atoms with Crippen LogP contribution < -0.4 is 15.7 Å². The number of ketones is 1. The van der Waals surface area contributed by atoms with Crippen molar-refractivity contribution in [2.45, 2.75) is 33.0 Å². The fourth-order valence-corrected chi connectivity index (χ4v) is 4.28. The number of aliphatic imine (C=N–C) groups is 1. The SMILES string of the molecule is CC(=O)C1=C(C)N(c2cccc(C(F)(F)F)c2)C(=O)N(C)C1c1c(N=C(C)N)cc(C#N)cc1C(=O)[O-]. The number of likely N-dealkylation sites (N-methyl/N-ethyl adjacent to an activating group) is 1. The van der Waals surface area contributed by atoms with Crippen molar-refractivity contribution < 1.29 is 32.7 Å². The first-order valence-electron chi connectivity index (χ1n) is 10.7. The molecule has 0 spiro atoms. The first-order chi connectivity index (χ1) is 17.2. The topological polar surface area (TPSA) is 143 Å². The number of nitrogens with two attached hydrogens (primary N) is 1. The van der Waals surface area contributed by atoms with E-state index in [1.54, 1.807) is 0 Å². The van der Waals surface area contributed by atoms with Gasteiger partial charge in [0.2, 0.25) is 0 Å². The molecule has 0 fully saturated rings. The second-order valence-electron chi connectivity index (χ2n) is 8.34. The number of carboxylic acids is 1. The number of hydrogen-bond donors (Lipinski definition) is 1. The summed E-state index contributed by atoms with van der Waals surface area (Å²) in [6.45, 7) is 3.97. The number of allylic oxidation sites excluding steroid dienone is 1. The minimum atomic E-state index is -4.68. The van der Waals surface area contributed by atoms with E-state index in [1.807, 2.05) is 6.07 Å². The van der Waals surface area contributed by atoms with Gasteiger partial charge >= 0.3 is 12.2 Å². The summed E-state index contributed by atoms with van der Waals surface area (Å²) >= 11 is 0. The van der Waals surface area contributed by atoms with E-state index >= 15 is 0 Å². The highest BCUT2D eigenvalue weighted by atomic mass is 19.4. The number of amidine groups is 1. The third-order valence-electron chi connectivity index (χ3n) is 5.77. The minimum Gasteiger partial charge on any atom is -0.545 e. The molecule has 37 heavy (non-hydrogen) atoms. The van der Waals surface area contributed by atoms with Crippen molar-refractivity contribution >= 4 is 35.0 Å². The summed E-state index contributed by atoms with van der Waals surface area (Å²) in [6.07, 6.45) is -4.68. The number of benzene rings is 2. The van der Waals surface area contributed by atoms with Gasteiger partial charge in [0.15, 0.2) is 5.78 Å². The summed E-state index contributed by atoms with van der Waals surface area (Å²) in [5.41, 5.74) is 3.71. The lowest BCUT2D eigenvalue weighted by atomic mass is 9.86.